The number of nitriles is 1. The van der Waals surface area contributed by atoms with E-state index >= 15 is 0 Å². The number of carbonyl (C=O) groups is 2. The molecule has 1 aliphatic carbocycles. The van der Waals surface area contributed by atoms with E-state index in [1.54, 1.807) is 44.0 Å². The largest absolute Gasteiger partial charge is 0.489 e. The second kappa shape index (κ2) is 17.5. The highest BCUT2D eigenvalue weighted by atomic mass is 35.5. The number of aliphatic hydroxyl groups is 1. The van der Waals surface area contributed by atoms with Crippen molar-refractivity contribution >= 4 is 34.7 Å². The molecular formula is C51H65ClN8O5. The Kier molecular flexibility index (Phi) is 12.3. The highest BCUT2D eigenvalue weighted by Crippen LogP contribution is 2.56. The highest BCUT2D eigenvalue weighted by molar-refractivity contribution is 6.31. The van der Waals surface area contributed by atoms with Gasteiger partial charge < -0.3 is 35.0 Å². The Morgan fingerprint density at radius 1 is 0.923 bits per heavy atom. The fourth-order valence-corrected chi connectivity index (χ4v) is 12.1. The molecule has 0 radical (unpaired) electrons. The molecule has 65 heavy (non-hydrogen) atoms. The van der Waals surface area contributed by atoms with Crippen LogP contribution in [0.15, 0.2) is 66.9 Å². The number of nitrogens with zero attached hydrogens (tertiary/aromatic N) is 4. The average molecular weight is 906 g/mol. The first kappa shape index (κ1) is 45.5. The summed E-state index contributed by atoms with van der Waals surface area (Å²) in [5.74, 6) is 3.42. The van der Waals surface area contributed by atoms with Crippen molar-refractivity contribution in [3.63, 3.8) is 0 Å². The average Bonchev–Trinajstić information content (AvgIpc) is 3.77. The van der Waals surface area contributed by atoms with Crippen molar-refractivity contribution < 1.29 is 24.2 Å². The van der Waals surface area contributed by atoms with Crippen LogP contribution >= 0.6 is 11.6 Å². The Balaban J connectivity index is 0.730. The molecule has 0 aromatic heterocycles. The van der Waals surface area contributed by atoms with E-state index in [9.17, 15) is 20.0 Å². The molecule has 5 fully saturated rings. The molecule has 5 heterocycles. The van der Waals surface area contributed by atoms with Gasteiger partial charge in [0, 0.05) is 92.6 Å². The number of piperidine rings is 1. The standard InChI is InChI=1S/C51H65ClN8O5/c1-49(2)46(50(3,4)47(49)65-37-12-8-31(24-53)41(52)23-37)57-44(61)32-25-55-48(56-26-32)59-20-17-30(18-21-59)33-27-60(28-33)35-10-13-36(14-11-35)64-42-15-9-34(51(5,6)63)22-39(42)40-29-58(7)45(62)43-38(40)16-19-54-43/h8-15,22-23,29-30,32-33,38,43,46-48,54-56,63H,16-21,25-28H2,1-7H3,(H,57,61). The third-order valence-corrected chi connectivity index (χ3v) is 15.8. The van der Waals surface area contributed by atoms with Crippen molar-refractivity contribution in [3.8, 4) is 23.3 Å². The first-order valence-electron chi connectivity index (χ1n) is 23.4. The van der Waals surface area contributed by atoms with Crippen LogP contribution < -0.4 is 35.6 Å². The third-order valence-electron chi connectivity index (χ3n) is 15.4. The quantitative estimate of drug-likeness (QED) is 0.148. The predicted molar refractivity (Wildman–Crippen MR) is 252 cm³/mol. The second-order valence-electron chi connectivity index (χ2n) is 21.0. The number of nitrogens with one attached hydrogen (secondary N) is 4. The molecular weight excluding hydrogens is 840 g/mol. The number of fused-ring (bicyclic) bond motifs is 1. The summed E-state index contributed by atoms with van der Waals surface area (Å²) < 4.78 is 13.0. The second-order valence-corrected chi connectivity index (χ2v) is 21.4. The molecule has 13 nitrogen and oxygen atoms in total. The van der Waals surface area contributed by atoms with E-state index in [0.29, 0.717) is 47.0 Å². The number of likely N-dealkylation sites (N-methyl/N-ethyl adjacent to an activating group) is 1. The minimum Gasteiger partial charge on any atom is -0.489 e. The van der Waals surface area contributed by atoms with Crippen LogP contribution in [-0.2, 0) is 15.2 Å². The molecule has 2 atom stereocenters. The number of rotatable bonds is 11. The molecule has 3 aromatic carbocycles. The molecule has 2 unspecified atom stereocenters. The fraction of sp³-hybridized carbons (Fsp3) is 0.549. The number of likely N-dealkylation sites (tertiary alicyclic amines) is 1. The number of carbonyl (C=O) groups excluding carboxylic acids is 2. The van der Waals surface area contributed by atoms with Crippen molar-refractivity contribution in [2.75, 3.05) is 57.8 Å². The number of ether oxygens (including phenoxy) is 2. The molecule has 4 saturated heterocycles. The molecule has 0 spiro atoms. The molecule has 14 heteroatoms. The summed E-state index contributed by atoms with van der Waals surface area (Å²) in [4.78, 5) is 33.2. The van der Waals surface area contributed by atoms with Gasteiger partial charge in [-0.15, -0.1) is 0 Å². The molecule has 1 saturated carbocycles. The van der Waals surface area contributed by atoms with Crippen molar-refractivity contribution in [1.82, 2.24) is 31.1 Å². The molecule has 3 aromatic rings. The van der Waals surface area contributed by atoms with Crippen LogP contribution in [0.1, 0.15) is 77.5 Å². The van der Waals surface area contributed by atoms with Crippen molar-refractivity contribution in [2.24, 2.45) is 34.5 Å². The lowest BCUT2D eigenvalue weighted by Crippen LogP contribution is -2.75. The maximum absolute atomic E-state index is 13.6. The fourth-order valence-electron chi connectivity index (χ4n) is 11.9. The summed E-state index contributed by atoms with van der Waals surface area (Å²) in [5, 5.41) is 34.6. The SMILES string of the molecule is CN1C=C(c2cc(C(C)(C)O)ccc2Oc2ccc(N3CC(C4CCN(C5NCC(C(=O)NC6C(C)(C)C(Oc7ccc(C#N)c(Cl)c7)C6(C)C)CN5)CC4)C3)cc2)C2CCNC2C1=O. The zero-order valence-electron chi connectivity index (χ0n) is 38.8. The van der Waals surface area contributed by atoms with Gasteiger partial charge in [-0.2, -0.15) is 5.26 Å². The van der Waals surface area contributed by atoms with Gasteiger partial charge in [0.2, 0.25) is 11.8 Å². The van der Waals surface area contributed by atoms with Crippen molar-refractivity contribution in [1.29, 1.82) is 5.26 Å². The van der Waals surface area contributed by atoms with Crippen LogP contribution in [0.25, 0.3) is 5.57 Å². The summed E-state index contributed by atoms with van der Waals surface area (Å²) >= 11 is 6.28. The summed E-state index contributed by atoms with van der Waals surface area (Å²) in [6.07, 6.45) is 5.02. The highest BCUT2D eigenvalue weighted by Gasteiger charge is 2.64. The van der Waals surface area contributed by atoms with E-state index < -0.39 is 5.60 Å². The number of amides is 2. The lowest BCUT2D eigenvalue weighted by Gasteiger charge is -2.63. The lowest BCUT2D eigenvalue weighted by atomic mass is 9.49. The van der Waals surface area contributed by atoms with Gasteiger partial charge in [0.25, 0.3) is 0 Å². The Morgan fingerprint density at radius 3 is 2.25 bits per heavy atom. The topological polar surface area (TPSA) is 154 Å². The Morgan fingerprint density at radius 2 is 1.60 bits per heavy atom. The normalized spacial score (nSPS) is 28.1. The van der Waals surface area contributed by atoms with Gasteiger partial charge >= 0.3 is 0 Å². The van der Waals surface area contributed by atoms with Crippen LogP contribution in [0.5, 0.6) is 17.2 Å². The summed E-state index contributed by atoms with van der Waals surface area (Å²) in [6, 6.07) is 21.1. The minimum absolute atomic E-state index is 0.0423. The Bertz CT molecular complexity index is 2340. The first-order valence-corrected chi connectivity index (χ1v) is 23.8. The summed E-state index contributed by atoms with van der Waals surface area (Å²) in [7, 11) is 1.80. The van der Waals surface area contributed by atoms with Gasteiger partial charge in [-0.1, -0.05) is 45.4 Å². The van der Waals surface area contributed by atoms with Crippen LogP contribution in [0.3, 0.4) is 0 Å². The Labute approximate surface area is 388 Å². The zero-order valence-corrected chi connectivity index (χ0v) is 39.5. The molecule has 0 bridgehead atoms. The minimum atomic E-state index is -1.03. The van der Waals surface area contributed by atoms with E-state index in [1.807, 2.05) is 36.5 Å². The van der Waals surface area contributed by atoms with E-state index in [4.69, 9.17) is 21.1 Å². The molecule has 6 aliphatic rings. The van der Waals surface area contributed by atoms with Crippen molar-refractivity contribution in [3.05, 3.63) is 88.6 Å². The third kappa shape index (κ3) is 8.74. The van der Waals surface area contributed by atoms with Crippen LogP contribution in [-0.4, -0.2) is 104 Å². The first-order chi connectivity index (χ1) is 30.9. The van der Waals surface area contributed by atoms with E-state index in [-0.39, 0.29) is 59.0 Å². The number of anilines is 1. The zero-order chi connectivity index (χ0) is 46.0. The lowest BCUT2D eigenvalue weighted by molar-refractivity contribution is -0.174. The maximum Gasteiger partial charge on any atom is 0.244 e. The molecule has 9 rings (SSSR count). The smallest absolute Gasteiger partial charge is 0.244 e. The Hall–Kier alpha value is -4.68. The predicted octanol–water partition coefficient (Wildman–Crippen LogP) is 6.26. The number of halogens is 1. The summed E-state index contributed by atoms with van der Waals surface area (Å²) in [5.41, 5.74) is 2.70. The summed E-state index contributed by atoms with van der Waals surface area (Å²) in [6.45, 7) is 18.2. The van der Waals surface area contributed by atoms with Gasteiger partial charge in [0.1, 0.15) is 35.7 Å². The van der Waals surface area contributed by atoms with E-state index in [0.717, 1.165) is 74.4 Å². The van der Waals surface area contributed by atoms with Crippen LogP contribution in [0.4, 0.5) is 5.69 Å². The molecule has 5 N–H and O–H groups in total. The number of hydrogen-bond donors (Lipinski definition) is 5. The van der Waals surface area contributed by atoms with Gasteiger partial charge in [0.05, 0.1) is 28.1 Å². The van der Waals surface area contributed by atoms with E-state index in [1.165, 1.54) is 5.69 Å². The maximum atomic E-state index is 13.6. The number of benzene rings is 3. The van der Waals surface area contributed by atoms with Gasteiger partial charge in [-0.25, -0.2) is 0 Å². The molecule has 2 amide bonds. The van der Waals surface area contributed by atoms with Gasteiger partial charge in [-0.05, 0) is 111 Å². The van der Waals surface area contributed by atoms with Gasteiger partial charge in [0.15, 0.2) is 0 Å². The van der Waals surface area contributed by atoms with Gasteiger partial charge in [-0.3, -0.25) is 25.1 Å². The monoisotopic (exact) mass is 904 g/mol. The van der Waals surface area contributed by atoms with Crippen molar-refractivity contribution in [2.45, 2.75) is 90.9 Å². The molecule has 346 valence electrons. The molecule has 5 aliphatic heterocycles. The van der Waals surface area contributed by atoms with Crippen LogP contribution in [0.2, 0.25) is 5.02 Å². The van der Waals surface area contributed by atoms with E-state index in [2.05, 4.69) is 77.0 Å². The van der Waals surface area contributed by atoms with Crippen LogP contribution in [0, 0.1) is 45.8 Å². The number of hydrogen-bond acceptors (Lipinski definition) is 11.